The van der Waals surface area contributed by atoms with Crippen LogP contribution in [-0.2, 0) is 0 Å². The van der Waals surface area contributed by atoms with Crippen molar-refractivity contribution in [1.82, 2.24) is 5.32 Å². The van der Waals surface area contributed by atoms with Crippen LogP contribution in [0.2, 0.25) is 0 Å². The largest absolute Gasteiger partial charge is 0.313 e. The minimum absolute atomic E-state index is 0.468. The maximum Gasteiger partial charge on any atom is 0.0133 e. The van der Waals surface area contributed by atoms with Crippen molar-refractivity contribution in [1.29, 1.82) is 0 Å². The van der Waals surface area contributed by atoms with Gasteiger partial charge in [0.25, 0.3) is 0 Å². The number of rotatable bonds is 5. The summed E-state index contributed by atoms with van der Waals surface area (Å²) in [5.74, 6) is 0.776. The van der Waals surface area contributed by atoms with Crippen LogP contribution in [0.1, 0.15) is 51.5 Å². The lowest BCUT2D eigenvalue weighted by Crippen LogP contribution is -2.56. The van der Waals surface area contributed by atoms with E-state index in [0.717, 1.165) is 18.5 Å². The van der Waals surface area contributed by atoms with Crippen LogP contribution >= 0.6 is 11.3 Å². The van der Waals surface area contributed by atoms with Crippen LogP contribution in [0.4, 0.5) is 0 Å². The third-order valence-electron chi connectivity index (χ3n) is 4.41. The van der Waals surface area contributed by atoms with Gasteiger partial charge in [0, 0.05) is 6.04 Å². The molecule has 0 radical (unpaired) electrons. The van der Waals surface area contributed by atoms with E-state index in [1.807, 2.05) is 11.3 Å². The lowest BCUT2D eigenvalue weighted by atomic mass is 9.54. The second-order valence-electron chi connectivity index (χ2n) is 5.21. The third-order valence-corrected chi connectivity index (χ3v) is 5.11. The van der Waals surface area contributed by atoms with Gasteiger partial charge in [-0.1, -0.05) is 20.8 Å². The fourth-order valence-corrected chi connectivity index (χ4v) is 3.69. The molecule has 0 saturated heterocycles. The predicted octanol–water partition coefficient (Wildman–Crippen LogP) is 4.02. The Morgan fingerprint density at radius 2 is 2.31 bits per heavy atom. The molecular formula is C14H23NS. The summed E-state index contributed by atoms with van der Waals surface area (Å²) in [6.07, 6.45) is 3.83. The lowest BCUT2D eigenvalue weighted by molar-refractivity contribution is 0.0447. The zero-order valence-corrected chi connectivity index (χ0v) is 11.4. The zero-order valence-electron chi connectivity index (χ0n) is 10.6. The van der Waals surface area contributed by atoms with Gasteiger partial charge in [0.1, 0.15) is 0 Å². The molecule has 1 nitrogen and oxygen atoms in total. The first-order valence-corrected chi connectivity index (χ1v) is 7.42. The first kappa shape index (κ1) is 12.1. The van der Waals surface area contributed by atoms with Gasteiger partial charge in [-0.2, -0.15) is 11.3 Å². The smallest absolute Gasteiger partial charge is 0.0133 e. The van der Waals surface area contributed by atoms with E-state index in [9.17, 15) is 0 Å². The summed E-state index contributed by atoms with van der Waals surface area (Å²) in [6.45, 7) is 8.19. The molecule has 1 heterocycles. The van der Waals surface area contributed by atoms with Crippen molar-refractivity contribution in [3.8, 4) is 0 Å². The van der Waals surface area contributed by atoms with Crippen molar-refractivity contribution in [3.63, 3.8) is 0 Å². The molecule has 1 fully saturated rings. The van der Waals surface area contributed by atoms with Crippen molar-refractivity contribution in [2.45, 2.75) is 52.0 Å². The molecule has 0 spiro atoms. The van der Waals surface area contributed by atoms with Crippen LogP contribution in [0.5, 0.6) is 0 Å². The number of thiophene rings is 1. The fraction of sp³-hybridized carbons (Fsp3) is 0.714. The molecule has 0 aromatic carbocycles. The van der Waals surface area contributed by atoms with E-state index in [2.05, 4.69) is 42.9 Å². The van der Waals surface area contributed by atoms with Gasteiger partial charge in [-0.05, 0) is 59.5 Å². The Kier molecular flexibility index (Phi) is 3.70. The minimum Gasteiger partial charge on any atom is -0.313 e. The van der Waals surface area contributed by atoms with Crippen molar-refractivity contribution in [2.75, 3.05) is 6.54 Å². The highest BCUT2D eigenvalue weighted by atomic mass is 32.1. The number of nitrogens with one attached hydrogen (secondary N) is 1. The molecule has 1 N–H and O–H groups in total. The van der Waals surface area contributed by atoms with E-state index >= 15 is 0 Å². The van der Waals surface area contributed by atoms with Gasteiger partial charge in [0.15, 0.2) is 0 Å². The Balaban J connectivity index is 2.04. The molecule has 1 aromatic rings. The highest BCUT2D eigenvalue weighted by Gasteiger charge is 2.50. The van der Waals surface area contributed by atoms with Crippen molar-refractivity contribution >= 4 is 11.3 Å². The van der Waals surface area contributed by atoms with Crippen LogP contribution in [0.3, 0.4) is 0 Å². The van der Waals surface area contributed by atoms with Crippen molar-refractivity contribution in [3.05, 3.63) is 22.4 Å². The van der Waals surface area contributed by atoms with Gasteiger partial charge in [-0.15, -0.1) is 0 Å². The van der Waals surface area contributed by atoms with E-state index in [1.54, 1.807) is 5.56 Å². The maximum absolute atomic E-state index is 3.71. The summed E-state index contributed by atoms with van der Waals surface area (Å²) in [5.41, 5.74) is 2.03. The molecule has 1 saturated carbocycles. The van der Waals surface area contributed by atoms with Crippen LogP contribution < -0.4 is 5.32 Å². The Bertz CT molecular complexity index is 319. The molecule has 0 aliphatic heterocycles. The van der Waals surface area contributed by atoms with E-state index in [4.69, 9.17) is 0 Å². The van der Waals surface area contributed by atoms with Crippen LogP contribution in [0, 0.1) is 5.41 Å². The standard InChI is InChI=1S/C14H23NS/c1-4-7-15-13-9-12(14(13,3)5-2)11-6-8-16-10-11/h6,8,10,12-13,15H,4-5,7,9H2,1-3H3. The fourth-order valence-electron chi connectivity index (χ4n) is 2.97. The predicted molar refractivity (Wildman–Crippen MR) is 72.2 cm³/mol. The van der Waals surface area contributed by atoms with E-state index in [1.165, 1.54) is 19.3 Å². The van der Waals surface area contributed by atoms with Gasteiger partial charge < -0.3 is 5.32 Å². The highest BCUT2D eigenvalue weighted by molar-refractivity contribution is 7.08. The zero-order chi connectivity index (χ0) is 11.6. The van der Waals surface area contributed by atoms with Gasteiger partial charge >= 0.3 is 0 Å². The van der Waals surface area contributed by atoms with Gasteiger partial charge in [-0.3, -0.25) is 0 Å². The third kappa shape index (κ3) is 1.93. The average molecular weight is 237 g/mol. The Hall–Kier alpha value is -0.340. The second-order valence-corrected chi connectivity index (χ2v) is 5.99. The second kappa shape index (κ2) is 4.89. The molecule has 2 rings (SSSR count). The Morgan fingerprint density at radius 1 is 1.50 bits per heavy atom. The summed E-state index contributed by atoms with van der Waals surface area (Å²) in [7, 11) is 0. The van der Waals surface area contributed by atoms with E-state index < -0.39 is 0 Å². The van der Waals surface area contributed by atoms with Crippen LogP contribution in [0.25, 0.3) is 0 Å². The first-order chi connectivity index (χ1) is 7.72. The molecule has 1 aromatic heterocycles. The summed E-state index contributed by atoms with van der Waals surface area (Å²) >= 11 is 1.83. The molecule has 0 amide bonds. The summed E-state index contributed by atoms with van der Waals surface area (Å²) in [6, 6.07) is 3.03. The van der Waals surface area contributed by atoms with Gasteiger partial charge in [0.05, 0.1) is 0 Å². The molecule has 0 bridgehead atoms. The highest BCUT2D eigenvalue weighted by Crippen LogP contribution is 2.55. The van der Waals surface area contributed by atoms with Crippen LogP contribution in [-0.4, -0.2) is 12.6 Å². The molecule has 3 unspecified atom stereocenters. The minimum atomic E-state index is 0.468. The summed E-state index contributed by atoms with van der Waals surface area (Å²) < 4.78 is 0. The Labute approximate surface area is 103 Å². The van der Waals surface area contributed by atoms with E-state index in [0.29, 0.717) is 5.41 Å². The van der Waals surface area contributed by atoms with Gasteiger partial charge in [-0.25, -0.2) is 0 Å². The Morgan fingerprint density at radius 3 is 2.88 bits per heavy atom. The van der Waals surface area contributed by atoms with Crippen molar-refractivity contribution in [2.24, 2.45) is 5.41 Å². The van der Waals surface area contributed by atoms with Crippen molar-refractivity contribution < 1.29 is 0 Å². The first-order valence-electron chi connectivity index (χ1n) is 6.47. The number of hydrogen-bond donors (Lipinski definition) is 1. The molecule has 3 atom stereocenters. The number of hydrogen-bond acceptors (Lipinski definition) is 2. The normalized spacial score (nSPS) is 33.7. The topological polar surface area (TPSA) is 12.0 Å². The quantitative estimate of drug-likeness (QED) is 0.815. The van der Waals surface area contributed by atoms with Gasteiger partial charge in [0.2, 0.25) is 0 Å². The molecule has 1 aliphatic carbocycles. The lowest BCUT2D eigenvalue weighted by Gasteiger charge is -2.54. The molecule has 90 valence electrons. The van der Waals surface area contributed by atoms with Crippen LogP contribution in [0.15, 0.2) is 16.8 Å². The average Bonchev–Trinajstić information content (AvgIpc) is 2.80. The summed E-state index contributed by atoms with van der Waals surface area (Å²) in [5, 5.41) is 8.24. The monoisotopic (exact) mass is 237 g/mol. The van der Waals surface area contributed by atoms with E-state index in [-0.39, 0.29) is 0 Å². The molecule has 2 heteroatoms. The molecule has 16 heavy (non-hydrogen) atoms. The molecular weight excluding hydrogens is 214 g/mol. The molecule has 1 aliphatic rings. The maximum atomic E-state index is 3.71. The summed E-state index contributed by atoms with van der Waals surface area (Å²) in [4.78, 5) is 0. The SMILES string of the molecule is CCCNC1CC(c2ccsc2)C1(C)CC.